The van der Waals surface area contributed by atoms with Gasteiger partial charge in [-0.1, -0.05) is 18.2 Å². The molecule has 1 atom stereocenters. The van der Waals surface area contributed by atoms with Crippen LogP contribution in [0.5, 0.6) is 0 Å². The Labute approximate surface area is 137 Å². The second-order valence-electron chi connectivity index (χ2n) is 6.23. The number of nitrogens with zero attached hydrogens (tertiary/aromatic N) is 2. The SMILES string of the molecule is Cc1cc(C)n(-c2ccccc2CNC(=O)C2CCCNC2)n1. The monoisotopic (exact) mass is 312 g/mol. The van der Waals surface area contributed by atoms with E-state index < -0.39 is 0 Å². The molecule has 122 valence electrons. The third-order valence-electron chi connectivity index (χ3n) is 4.35. The topological polar surface area (TPSA) is 59.0 Å². The summed E-state index contributed by atoms with van der Waals surface area (Å²) in [6.07, 6.45) is 2.04. The molecule has 0 bridgehead atoms. The molecule has 2 N–H and O–H groups in total. The molecule has 1 fully saturated rings. The maximum absolute atomic E-state index is 12.3. The summed E-state index contributed by atoms with van der Waals surface area (Å²) in [6.45, 7) is 6.37. The van der Waals surface area contributed by atoms with E-state index in [1.807, 2.05) is 42.8 Å². The van der Waals surface area contributed by atoms with E-state index in [4.69, 9.17) is 0 Å². The van der Waals surface area contributed by atoms with Gasteiger partial charge in [-0.15, -0.1) is 0 Å². The predicted octanol–water partition coefficient (Wildman–Crippen LogP) is 2.10. The molecule has 1 unspecified atom stereocenters. The van der Waals surface area contributed by atoms with Gasteiger partial charge in [0.05, 0.1) is 17.3 Å². The number of hydrogen-bond acceptors (Lipinski definition) is 3. The molecule has 1 aromatic heterocycles. The number of amides is 1. The molecular formula is C18H24N4O. The summed E-state index contributed by atoms with van der Waals surface area (Å²) in [4.78, 5) is 12.3. The molecule has 0 aliphatic carbocycles. The van der Waals surface area contributed by atoms with E-state index >= 15 is 0 Å². The first-order valence-corrected chi connectivity index (χ1v) is 8.25. The Morgan fingerprint density at radius 2 is 2.22 bits per heavy atom. The first-order chi connectivity index (χ1) is 11.1. The first kappa shape index (κ1) is 15.7. The molecule has 23 heavy (non-hydrogen) atoms. The third-order valence-corrected chi connectivity index (χ3v) is 4.35. The molecule has 5 heteroatoms. The van der Waals surface area contributed by atoms with Crippen molar-refractivity contribution in [2.45, 2.75) is 33.2 Å². The standard InChI is InChI=1S/C18H24N4O/c1-13-10-14(2)22(21-13)17-8-4-3-6-15(17)12-20-18(23)16-7-5-9-19-11-16/h3-4,6,8,10,16,19H,5,7,9,11-12H2,1-2H3,(H,20,23). The van der Waals surface area contributed by atoms with Crippen molar-refractivity contribution in [3.63, 3.8) is 0 Å². The number of rotatable bonds is 4. The Kier molecular flexibility index (Phi) is 4.76. The van der Waals surface area contributed by atoms with Gasteiger partial charge in [-0.3, -0.25) is 4.79 Å². The lowest BCUT2D eigenvalue weighted by Crippen LogP contribution is -2.40. The van der Waals surface area contributed by atoms with Crippen LogP contribution < -0.4 is 10.6 Å². The minimum absolute atomic E-state index is 0.0876. The largest absolute Gasteiger partial charge is 0.352 e. The fraction of sp³-hybridized carbons (Fsp3) is 0.444. The van der Waals surface area contributed by atoms with Gasteiger partial charge in [-0.05, 0) is 50.9 Å². The molecule has 1 aliphatic rings. The summed E-state index contributed by atoms with van der Waals surface area (Å²) in [5.74, 6) is 0.227. The smallest absolute Gasteiger partial charge is 0.224 e. The van der Waals surface area contributed by atoms with Crippen molar-refractivity contribution in [1.29, 1.82) is 0 Å². The molecule has 3 rings (SSSR count). The number of nitrogens with one attached hydrogen (secondary N) is 2. The minimum Gasteiger partial charge on any atom is -0.352 e. The maximum Gasteiger partial charge on any atom is 0.224 e. The highest BCUT2D eigenvalue weighted by atomic mass is 16.1. The summed E-state index contributed by atoms with van der Waals surface area (Å²) in [6, 6.07) is 10.2. The first-order valence-electron chi connectivity index (χ1n) is 8.25. The summed E-state index contributed by atoms with van der Waals surface area (Å²) < 4.78 is 1.94. The van der Waals surface area contributed by atoms with Gasteiger partial charge >= 0.3 is 0 Å². The number of aryl methyl sites for hydroxylation is 2. The number of benzene rings is 1. The molecule has 5 nitrogen and oxygen atoms in total. The average Bonchev–Trinajstić information content (AvgIpc) is 2.92. The van der Waals surface area contributed by atoms with Crippen molar-refractivity contribution in [2.24, 2.45) is 5.92 Å². The van der Waals surface area contributed by atoms with Crippen molar-refractivity contribution >= 4 is 5.91 Å². The van der Waals surface area contributed by atoms with Crippen LogP contribution in [0.2, 0.25) is 0 Å². The molecule has 2 aromatic rings. The van der Waals surface area contributed by atoms with Crippen molar-refractivity contribution in [2.75, 3.05) is 13.1 Å². The molecule has 1 amide bonds. The van der Waals surface area contributed by atoms with Gasteiger partial charge in [0.2, 0.25) is 5.91 Å². The molecule has 0 spiro atoms. The minimum atomic E-state index is 0.0876. The Balaban J connectivity index is 1.73. The summed E-state index contributed by atoms with van der Waals surface area (Å²) in [5.41, 5.74) is 4.20. The zero-order valence-corrected chi connectivity index (χ0v) is 13.8. The summed E-state index contributed by atoms with van der Waals surface area (Å²) in [7, 11) is 0. The highest BCUT2D eigenvalue weighted by Gasteiger charge is 2.20. The highest BCUT2D eigenvalue weighted by molar-refractivity contribution is 5.79. The quantitative estimate of drug-likeness (QED) is 0.909. The number of aromatic nitrogens is 2. The van der Waals surface area contributed by atoms with Crippen LogP contribution in [0.15, 0.2) is 30.3 Å². The average molecular weight is 312 g/mol. The van der Waals surface area contributed by atoms with Crippen molar-refractivity contribution < 1.29 is 4.79 Å². The zero-order chi connectivity index (χ0) is 16.2. The fourth-order valence-electron chi connectivity index (χ4n) is 3.14. The van der Waals surface area contributed by atoms with Crippen LogP contribution in [-0.4, -0.2) is 28.8 Å². The van der Waals surface area contributed by atoms with Crippen molar-refractivity contribution in [3.8, 4) is 5.69 Å². The number of hydrogen-bond donors (Lipinski definition) is 2. The van der Waals surface area contributed by atoms with Gasteiger partial charge in [0, 0.05) is 18.8 Å². The van der Waals surface area contributed by atoms with Crippen LogP contribution in [0.4, 0.5) is 0 Å². The highest BCUT2D eigenvalue weighted by Crippen LogP contribution is 2.17. The third kappa shape index (κ3) is 3.62. The molecule has 1 aromatic carbocycles. The van der Waals surface area contributed by atoms with E-state index in [1.165, 1.54) is 0 Å². The van der Waals surface area contributed by atoms with Gasteiger partial charge in [-0.2, -0.15) is 5.10 Å². The number of para-hydroxylation sites is 1. The normalized spacial score (nSPS) is 17.9. The van der Waals surface area contributed by atoms with E-state index in [9.17, 15) is 4.79 Å². The Morgan fingerprint density at radius 3 is 2.91 bits per heavy atom. The van der Waals surface area contributed by atoms with Crippen LogP contribution in [-0.2, 0) is 11.3 Å². The van der Waals surface area contributed by atoms with E-state index in [0.29, 0.717) is 6.54 Å². The summed E-state index contributed by atoms with van der Waals surface area (Å²) >= 11 is 0. The lowest BCUT2D eigenvalue weighted by Gasteiger charge is -2.22. The van der Waals surface area contributed by atoms with Gasteiger partial charge in [0.1, 0.15) is 0 Å². The van der Waals surface area contributed by atoms with E-state index in [0.717, 1.165) is 48.6 Å². The summed E-state index contributed by atoms with van der Waals surface area (Å²) in [5, 5.41) is 10.9. The number of carbonyl (C=O) groups is 1. The van der Waals surface area contributed by atoms with Gasteiger partial charge in [0.15, 0.2) is 0 Å². The van der Waals surface area contributed by atoms with Crippen LogP contribution in [0.25, 0.3) is 5.69 Å². The van der Waals surface area contributed by atoms with Gasteiger partial charge < -0.3 is 10.6 Å². The molecule has 1 saturated heterocycles. The Morgan fingerprint density at radius 1 is 1.39 bits per heavy atom. The fourth-order valence-corrected chi connectivity index (χ4v) is 3.14. The molecule has 2 heterocycles. The molecule has 0 saturated carbocycles. The molecule has 0 radical (unpaired) electrons. The lowest BCUT2D eigenvalue weighted by molar-refractivity contribution is -0.125. The van der Waals surface area contributed by atoms with Crippen molar-refractivity contribution in [1.82, 2.24) is 20.4 Å². The molecule has 1 aliphatic heterocycles. The number of piperidine rings is 1. The Bertz CT molecular complexity index is 686. The van der Waals surface area contributed by atoms with Crippen LogP contribution in [0, 0.1) is 19.8 Å². The van der Waals surface area contributed by atoms with Crippen molar-refractivity contribution in [3.05, 3.63) is 47.3 Å². The van der Waals surface area contributed by atoms with E-state index in [1.54, 1.807) is 0 Å². The molecular weight excluding hydrogens is 288 g/mol. The number of carbonyl (C=O) groups excluding carboxylic acids is 1. The van der Waals surface area contributed by atoms with E-state index in [2.05, 4.69) is 21.8 Å². The van der Waals surface area contributed by atoms with E-state index in [-0.39, 0.29) is 11.8 Å². The maximum atomic E-state index is 12.3. The second kappa shape index (κ2) is 6.96. The lowest BCUT2D eigenvalue weighted by atomic mass is 9.99. The zero-order valence-electron chi connectivity index (χ0n) is 13.8. The second-order valence-corrected chi connectivity index (χ2v) is 6.23. The van der Waals surface area contributed by atoms with Crippen LogP contribution in [0.3, 0.4) is 0 Å². The van der Waals surface area contributed by atoms with Crippen LogP contribution in [0.1, 0.15) is 29.8 Å². The van der Waals surface area contributed by atoms with Gasteiger partial charge in [0.25, 0.3) is 0 Å². The Hall–Kier alpha value is -2.14. The van der Waals surface area contributed by atoms with Crippen LogP contribution >= 0.6 is 0 Å². The predicted molar refractivity (Wildman–Crippen MR) is 90.5 cm³/mol. The van der Waals surface area contributed by atoms with Gasteiger partial charge in [-0.25, -0.2) is 4.68 Å².